The summed E-state index contributed by atoms with van der Waals surface area (Å²) in [7, 11) is 2.14. The molecule has 2 aliphatic heterocycles. The van der Waals surface area contributed by atoms with Gasteiger partial charge in [-0.15, -0.1) is 24.0 Å². The lowest BCUT2D eigenvalue weighted by atomic mass is 10.1. The summed E-state index contributed by atoms with van der Waals surface area (Å²) in [6.45, 7) is 8.41. The number of halogens is 1. The molecule has 1 aromatic carbocycles. The lowest BCUT2D eigenvalue weighted by Crippen LogP contribution is -2.48. The van der Waals surface area contributed by atoms with Crippen LogP contribution < -0.4 is 10.1 Å². The Hall–Kier alpha value is -1.06. The monoisotopic (exact) mass is 488 g/mol. The molecule has 0 bridgehead atoms. The maximum atomic E-state index is 6.10. The third kappa shape index (κ3) is 7.12. The quantitative estimate of drug-likeness (QED) is 0.392. The van der Waals surface area contributed by atoms with Gasteiger partial charge < -0.3 is 24.6 Å². The number of nitrogens with zero attached hydrogens (tertiary/aromatic N) is 3. The van der Waals surface area contributed by atoms with E-state index in [-0.39, 0.29) is 36.2 Å². The summed E-state index contributed by atoms with van der Waals surface area (Å²) in [4.78, 5) is 9.50. The minimum absolute atomic E-state index is 0. The van der Waals surface area contributed by atoms with Crippen LogP contribution in [0.2, 0.25) is 0 Å². The Kier molecular flexibility index (Phi) is 9.64. The van der Waals surface area contributed by atoms with Gasteiger partial charge in [0.1, 0.15) is 11.9 Å². The van der Waals surface area contributed by atoms with E-state index in [0.717, 1.165) is 63.9 Å². The molecule has 1 unspecified atom stereocenters. The SMILES string of the molecule is CCNC(=NCC1CN(C)CCO1)N1CCC(Oc2ccccc2)CC1.I. The van der Waals surface area contributed by atoms with E-state index in [0.29, 0.717) is 6.54 Å². The molecule has 0 aliphatic carbocycles. The van der Waals surface area contributed by atoms with Gasteiger partial charge in [0.05, 0.1) is 19.3 Å². The van der Waals surface area contributed by atoms with E-state index in [9.17, 15) is 0 Å². The molecular formula is C20H33IN4O2. The number of likely N-dealkylation sites (N-methyl/N-ethyl adjacent to an activating group) is 1. The highest BCUT2D eigenvalue weighted by molar-refractivity contribution is 14.0. The van der Waals surface area contributed by atoms with E-state index >= 15 is 0 Å². The Labute approximate surface area is 180 Å². The minimum Gasteiger partial charge on any atom is -0.490 e. The third-order valence-electron chi connectivity index (χ3n) is 4.91. The number of hydrogen-bond acceptors (Lipinski definition) is 4. The number of nitrogens with one attached hydrogen (secondary N) is 1. The van der Waals surface area contributed by atoms with E-state index in [2.05, 4.69) is 29.1 Å². The number of guanidine groups is 1. The molecule has 2 saturated heterocycles. The zero-order valence-electron chi connectivity index (χ0n) is 16.5. The predicted octanol–water partition coefficient (Wildman–Crippen LogP) is 2.44. The van der Waals surface area contributed by atoms with Gasteiger partial charge in [-0.3, -0.25) is 4.99 Å². The van der Waals surface area contributed by atoms with Crippen LogP contribution in [-0.2, 0) is 4.74 Å². The lowest BCUT2D eigenvalue weighted by molar-refractivity contribution is -0.0137. The highest BCUT2D eigenvalue weighted by Gasteiger charge is 2.23. The van der Waals surface area contributed by atoms with Crippen molar-refractivity contribution in [2.24, 2.45) is 4.99 Å². The second kappa shape index (κ2) is 11.7. The van der Waals surface area contributed by atoms with Gasteiger partial charge in [0.15, 0.2) is 5.96 Å². The Balaban J connectivity index is 0.00000261. The first-order valence-corrected chi connectivity index (χ1v) is 9.79. The number of aliphatic imine (C=N–C) groups is 1. The van der Waals surface area contributed by atoms with Gasteiger partial charge in [0.2, 0.25) is 0 Å². The fraction of sp³-hybridized carbons (Fsp3) is 0.650. The van der Waals surface area contributed by atoms with E-state index in [4.69, 9.17) is 14.5 Å². The zero-order valence-corrected chi connectivity index (χ0v) is 18.8. The van der Waals surface area contributed by atoms with Crippen LogP contribution in [0, 0.1) is 0 Å². The summed E-state index contributed by atoms with van der Waals surface area (Å²) in [5.74, 6) is 1.97. The van der Waals surface area contributed by atoms with Gasteiger partial charge in [0.25, 0.3) is 0 Å². The topological polar surface area (TPSA) is 49.3 Å². The summed E-state index contributed by atoms with van der Waals surface area (Å²) in [6.07, 6.45) is 2.51. The molecule has 0 amide bonds. The lowest BCUT2D eigenvalue weighted by Gasteiger charge is -2.35. The molecule has 0 radical (unpaired) electrons. The first-order valence-electron chi connectivity index (χ1n) is 9.79. The van der Waals surface area contributed by atoms with Gasteiger partial charge in [-0.25, -0.2) is 0 Å². The van der Waals surface area contributed by atoms with Crippen molar-refractivity contribution < 1.29 is 9.47 Å². The summed E-state index contributed by atoms with van der Waals surface area (Å²) < 4.78 is 11.9. The second-order valence-corrected chi connectivity index (χ2v) is 7.07. The Morgan fingerprint density at radius 2 is 1.96 bits per heavy atom. The van der Waals surface area contributed by atoms with E-state index in [1.165, 1.54) is 0 Å². The highest BCUT2D eigenvalue weighted by atomic mass is 127. The third-order valence-corrected chi connectivity index (χ3v) is 4.91. The average Bonchev–Trinajstić information content (AvgIpc) is 2.67. The Bertz CT molecular complexity index is 564. The molecule has 152 valence electrons. The number of rotatable bonds is 5. The normalized spacial score (nSPS) is 22.2. The van der Waals surface area contributed by atoms with Gasteiger partial charge in [-0.1, -0.05) is 18.2 Å². The van der Waals surface area contributed by atoms with Crippen LogP contribution in [0.1, 0.15) is 19.8 Å². The van der Waals surface area contributed by atoms with Crippen molar-refractivity contribution in [3.05, 3.63) is 30.3 Å². The molecule has 1 N–H and O–H groups in total. The second-order valence-electron chi connectivity index (χ2n) is 7.07. The van der Waals surface area contributed by atoms with Crippen molar-refractivity contribution in [1.29, 1.82) is 0 Å². The van der Waals surface area contributed by atoms with Crippen LogP contribution in [0.25, 0.3) is 0 Å². The van der Waals surface area contributed by atoms with Crippen molar-refractivity contribution in [1.82, 2.24) is 15.1 Å². The van der Waals surface area contributed by atoms with Crippen molar-refractivity contribution in [2.75, 3.05) is 52.9 Å². The molecule has 1 atom stereocenters. The van der Waals surface area contributed by atoms with Crippen LogP contribution in [0.5, 0.6) is 5.75 Å². The highest BCUT2D eigenvalue weighted by Crippen LogP contribution is 2.18. The molecule has 1 aromatic rings. The Morgan fingerprint density at radius 1 is 1.22 bits per heavy atom. The van der Waals surface area contributed by atoms with Crippen LogP contribution in [0.4, 0.5) is 0 Å². The number of benzene rings is 1. The number of ether oxygens (including phenoxy) is 2. The van der Waals surface area contributed by atoms with E-state index in [1.807, 2.05) is 30.3 Å². The summed E-state index contributed by atoms with van der Waals surface area (Å²) in [6, 6.07) is 10.1. The fourth-order valence-corrected chi connectivity index (χ4v) is 3.47. The average molecular weight is 488 g/mol. The molecule has 2 fully saturated rings. The maximum Gasteiger partial charge on any atom is 0.194 e. The number of hydrogen-bond donors (Lipinski definition) is 1. The number of piperidine rings is 1. The number of para-hydroxylation sites is 1. The first kappa shape index (κ1) is 22.2. The van der Waals surface area contributed by atoms with Crippen LogP contribution in [-0.4, -0.2) is 80.9 Å². The van der Waals surface area contributed by atoms with Crippen LogP contribution >= 0.6 is 24.0 Å². The van der Waals surface area contributed by atoms with Gasteiger partial charge >= 0.3 is 0 Å². The zero-order chi connectivity index (χ0) is 18.2. The molecule has 0 aromatic heterocycles. The minimum atomic E-state index is 0. The van der Waals surface area contributed by atoms with E-state index in [1.54, 1.807) is 0 Å². The molecule has 7 heteroatoms. The standard InChI is InChI=1S/C20H32N4O2.HI/c1-3-21-20(22-15-19-16-23(2)13-14-25-19)24-11-9-18(10-12-24)26-17-7-5-4-6-8-17;/h4-8,18-19H,3,9-16H2,1-2H3,(H,21,22);1H. The van der Waals surface area contributed by atoms with Crippen molar-refractivity contribution >= 4 is 29.9 Å². The number of likely N-dealkylation sites (tertiary alicyclic amines) is 1. The summed E-state index contributed by atoms with van der Waals surface area (Å²) in [5, 5.41) is 3.43. The van der Waals surface area contributed by atoms with E-state index < -0.39 is 0 Å². The molecular weight excluding hydrogens is 455 g/mol. The Morgan fingerprint density at radius 3 is 2.63 bits per heavy atom. The summed E-state index contributed by atoms with van der Waals surface area (Å²) >= 11 is 0. The van der Waals surface area contributed by atoms with Gasteiger partial charge in [-0.05, 0) is 26.1 Å². The van der Waals surface area contributed by atoms with Crippen molar-refractivity contribution in [3.63, 3.8) is 0 Å². The molecule has 6 nitrogen and oxygen atoms in total. The van der Waals surface area contributed by atoms with Crippen LogP contribution in [0.3, 0.4) is 0 Å². The first-order chi connectivity index (χ1) is 12.7. The smallest absolute Gasteiger partial charge is 0.194 e. The molecule has 27 heavy (non-hydrogen) atoms. The predicted molar refractivity (Wildman–Crippen MR) is 120 cm³/mol. The van der Waals surface area contributed by atoms with Gasteiger partial charge in [0, 0.05) is 45.6 Å². The van der Waals surface area contributed by atoms with Crippen LogP contribution in [0.15, 0.2) is 35.3 Å². The van der Waals surface area contributed by atoms with Crippen molar-refractivity contribution in [2.45, 2.75) is 32.0 Å². The summed E-state index contributed by atoms with van der Waals surface area (Å²) in [5.41, 5.74) is 0. The van der Waals surface area contributed by atoms with Crippen molar-refractivity contribution in [3.8, 4) is 5.75 Å². The molecule has 0 spiro atoms. The molecule has 0 saturated carbocycles. The maximum absolute atomic E-state index is 6.10. The number of morpholine rings is 1. The fourth-order valence-electron chi connectivity index (χ4n) is 3.47. The molecule has 2 heterocycles. The molecule has 2 aliphatic rings. The molecule has 3 rings (SSSR count). The van der Waals surface area contributed by atoms with Gasteiger partial charge in [-0.2, -0.15) is 0 Å². The largest absolute Gasteiger partial charge is 0.490 e.